The fourth-order valence-electron chi connectivity index (χ4n) is 8.62. The molecule has 0 spiro atoms. The first-order chi connectivity index (χ1) is 28.8. The van der Waals surface area contributed by atoms with Gasteiger partial charge in [0.1, 0.15) is 0 Å². The summed E-state index contributed by atoms with van der Waals surface area (Å²) < 4.78 is 4.79. The van der Waals surface area contributed by atoms with Crippen LogP contribution in [0.2, 0.25) is 0 Å². The molecule has 12 aromatic rings. The molecular formula is C52H31N5S. The van der Waals surface area contributed by atoms with Crippen molar-refractivity contribution in [3.8, 4) is 51.1 Å². The van der Waals surface area contributed by atoms with Gasteiger partial charge < -0.3 is 4.57 Å². The third-order valence-electron chi connectivity index (χ3n) is 11.2. The van der Waals surface area contributed by atoms with Crippen LogP contribution in [0.1, 0.15) is 0 Å². The van der Waals surface area contributed by atoms with E-state index in [2.05, 4.69) is 174 Å². The van der Waals surface area contributed by atoms with Gasteiger partial charge in [-0.05, 0) is 47.2 Å². The molecule has 0 amide bonds. The highest BCUT2D eigenvalue weighted by molar-refractivity contribution is 7.26. The van der Waals surface area contributed by atoms with Gasteiger partial charge in [0, 0.05) is 59.6 Å². The Balaban J connectivity index is 1.06. The third kappa shape index (κ3) is 5.09. The molecule has 6 heteroatoms. The number of pyridine rings is 1. The van der Waals surface area contributed by atoms with E-state index in [4.69, 9.17) is 19.9 Å². The maximum absolute atomic E-state index is 5.46. The van der Waals surface area contributed by atoms with Crippen molar-refractivity contribution in [1.29, 1.82) is 0 Å². The zero-order valence-electron chi connectivity index (χ0n) is 31.0. The average Bonchev–Trinajstić information content (AvgIpc) is 3.85. The SMILES string of the molecule is c1ccc(-c2nc(-c3cccc(-n4c5ccccc5c5ccccc54)c3)nc(-c3ccc(-c4nc5c6ccccc6sc5c5ccccc45)c4ccccc34)n2)cc1. The molecule has 0 bridgehead atoms. The van der Waals surface area contributed by atoms with Crippen LogP contribution in [0.25, 0.3) is 115 Å². The van der Waals surface area contributed by atoms with Crippen molar-refractivity contribution < 1.29 is 0 Å². The van der Waals surface area contributed by atoms with Gasteiger partial charge in [-0.15, -0.1) is 11.3 Å². The standard InChI is InChI=1S/C52H31N5S/c1-2-15-32(16-3-1)50-54-51(33-17-14-18-34(31-33)57-44-26-11-8-21-37(44)38-22-9-12-27-45(38)57)56-52(55-50)42-30-29-40(35-19-4-5-20-36(35)42)47-39-23-6-7-24-41(39)49-48(53-47)43-25-10-13-28-46(43)58-49/h1-31H. The summed E-state index contributed by atoms with van der Waals surface area (Å²) in [7, 11) is 0. The van der Waals surface area contributed by atoms with Gasteiger partial charge in [-0.1, -0.05) is 152 Å². The molecule has 12 rings (SSSR count). The van der Waals surface area contributed by atoms with E-state index < -0.39 is 0 Å². The molecule has 58 heavy (non-hydrogen) atoms. The molecule has 0 saturated carbocycles. The molecule has 0 atom stereocenters. The lowest BCUT2D eigenvalue weighted by Gasteiger charge is -2.14. The van der Waals surface area contributed by atoms with Gasteiger partial charge in [-0.25, -0.2) is 19.9 Å². The Morgan fingerprint density at radius 3 is 1.64 bits per heavy atom. The lowest BCUT2D eigenvalue weighted by Crippen LogP contribution is -2.01. The van der Waals surface area contributed by atoms with E-state index in [9.17, 15) is 0 Å². The van der Waals surface area contributed by atoms with Gasteiger partial charge in [0.15, 0.2) is 17.5 Å². The number of benzene rings is 8. The van der Waals surface area contributed by atoms with E-state index in [1.807, 2.05) is 29.5 Å². The van der Waals surface area contributed by atoms with Gasteiger partial charge in [-0.3, -0.25) is 0 Å². The van der Waals surface area contributed by atoms with Gasteiger partial charge in [0.25, 0.3) is 0 Å². The molecule has 0 aliphatic carbocycles. The summed E-state index contributed by atoms with van der Waals surface area (Å²) in [6, 6.07) is 66.0. The predicted molar refractivity (Wildman–Crippen MR) is 242 cm³/mol. The van der Waals surface area contributed by atoms with Crippen LogP contribution in [0, 0.1) is 0 Å². The number of fused-ring (bicyclic) bond motifs is 9. The summed E-state index contributed by atoms with van der Waals surface area (Å²) in [6.07, 6.45) is 0. The van der Waals surface area contributed by atoms with E-state index in [-0.39, 0.29) is 0 Å². The summed E-state index contributed by atoms with van der Waals surface area (Å²) in [6.45, 7) is 0. The van der Waals surface area contributed by atoms with E-state index in [1.54, 1.807) is 0 Å². The second-order valence-electron chi connectivity index (χ2n) is 14.6. The van der Waals surface area contributed by atoms with E-state index in [0.29, 0.717) is 17.5 Å². The topological polar surface area (TPSA) is 56.5 Å². The van der Waals surface area contributed by atoms with Crippen molar-refractivity contribution in [2.45, 2.75) is 0 Å². The second kappa shape index (κ2) is 13.0. The zero-order valence-corrected chi connectivity index (χ0v) is 31.9. The van der Waals surface area contributed by atoms with Crippen molar-refractivity contribution in [1.82, 2.24) is 24.5 Å². The van der Waals surface area contributed by atoms with Crippen LogP contribution < -0.4 is 0 Å². The fourth-order valence-corrected chi connectivity index (χ4v) is 9.80. The Kier molecular flexibility index (Phi) is 7.33. The molecule has 270 valence electrons. The van der Waals surface area contributed by atoms with Gasteiger partial charge in [0.05, 0.1) is 26.9 Å². The van der Waals surface area contributed by atoms with Gasteiger partial charge >= 0.3 is 0 Å². The minimum absolute atomic E-state index is 0.613. The smallest absolute Gasteiger partial charge is 0.164 e. The molecule has 4 heterocycles. The molecule has 0 aliphatic rings. The summed E-state index contributed by atoms with van der Waals surface area (Å²) in [5.74, 6) is 1.85. The normalized spacial score (nSPS) is 11.8. The number of hydrogen-bond acceptors (Lipinski definition) is 5. The van der Waals surface area contributed by atoms with Crippen molar-refractivity contribution in [3.63, 3.8) is 0 Å². The largest absolute Gasteiger partial charge is 0.309 e. The van der Waals surface area contributed by atoms with Crippen LogP contribution in [0.4, 0.5) is 0 Å². The van der Waals surface area contributed by atoms with E-state index >= 15 is 0 Å². The molecule has 8 aromatic carbocycles. The molecule has 0 fully saturated rings. The fraction of sp³-hybridized carbons (Fsp3) is 0. The first kappa shape index (κ1) is 32.7. The molecule has 5 nitrogen and oxygen atoms in total. The lowest BCUT2D eigenvalue weighted by molar-refractivity contribution is 1.07. The first-order valence-corrected chi connectivity index (χ1v) is 20.2. The maximum Gasteiger partial charge on any atom is 0.164 e. The molecule has 4 aromatic heterocycles. The summed E-state index contributed by atoms with van der Waals surface area (Å²) >= 11 is 1.81. The number of rotatable bonds is 5. The van der Waals surface area contributed by atoms with Crippen molar-refractivity contribution in [3.05, 3.63) is 188 Å². The van der Waals surface area contributed by atoms with Crippen molar-refractivity contribution in [2.24, 2.45) is 0 Å². The van der Waals surface area contributed by atoms with Gasteiger partial charge in [-0.2, -0.15) is 0 Å². The average molecular weight is 758 g/mol. The second-order valence-corrected chi connectivity index (χ2v) is 15.6. The Labute approximate surface area is 337 Å². The molecule has 0 radical (unpaired) electrons. The predicted octanol–water partition coefficient (Wildman–Crippen LogP) is 13.7. The molecular weight excluding hydrogens is 727 g/mol. The van der Waals surface area contributed by atoms with Crippen LogP contribution >= 0.6 is 11.3 Å². The molecule has 0 unspecified atom stereocenters. The highest BCUT2D eigenvalue weighted by Gasteiger charge is 2.20. The highest BCUT2D eigenvalue weighted by atomic mass is 32.1. The molecule has 0 aliphatic heterocycles. The minimum Gasteiger partial charge on any atom is -0.309 e. The Hall–Kier alpha value is -7.54. The summed E-state index contributed by atoms with van der Waals surface area (Å²) in [5.41, 5.74) is 9.21. The lowest BCUT2D eigenvalue weighted by atomic mass is 9.94. The first-order valence-electron chi connectivity index (χ1n) is 19.4. The number of para-hydroxylation sites is 2. The Morgan fingerprint density at radius 1 is 0.362 bits per heavy atom. The van der Waals surface area contributed by atoms with Crippen LogP contribution in [-0.2, 0) is 0 Å². The maximum atomic E-state index is 5.46. The minimum atomic E-state index is 0.613. The van der Waals surface area contributed by atoms with Crippen LogP contribution in [0.15, 0.2) is 188 Å². The van der Waals surface area contributed by atoms with Crippen LogP contribution in [0.5, 0.6) is 0 Å². The number of hydrogen-bond donors (Lipinski definition) is 0. The third-order valence-corrected chi connectivity index (χ3v) is 12.4. The van der Waals surface area contributed by atoms with E-state index in [1.165, 1.54) is 30.9 Å². The Morgan fingerprint density at radius 2 is 0.897 bits per heavy atom. The number of nitrogens with zero attached hydrogens (tertiary/aromatic N) is 5. The van der Waals surface area contributed by atoms with Gasteiger partial charge in [0.2, 0.25) is 0 Å². The van der Waals surface area contributed by atoms with Crippen LogP contribution in [0.3, 0.4) is 0 Å². The molecule has 0 saturated heterocycles. The zero-order chi connectivity index (χ0) is 38.2. The summed E-state index contributed by atoms with van der Waals surface area (Å²) in [4.78, 5) is 21.0. The number of aromatic nitrogens is 5. The monoisotopic (exact) mass is 757 g/mol. The van der Waals surface area contributed by atoms with E-state index in [0.717, 1.165) is 66.3 Å². The van der Waals surface area contributed by atoms with Crippen molar-refractivity contribution >= 4 is 75.0 Å². The number of thiophene rings is 1. The quantitative estimate of drug-likeness (QED) is 0.175. The van der Waals surface area contributed by atoms with Crippen LogP contribution in [-0.4, -0.2) is 24.5 Å². The Bertz CT molecular complexity index is 3530. The molecule has 0 N–H and O–H groups in total. The summed E-state index contributed by atoms with van der Waals surface area (Å²) in [5, 5.41) is 8.12. The highest BCUT2D eigenvalue weighted by Crippen LogP contribution is 2.43. The van der Waals surface area contributed by atoms with Crippen molar-refractivity contribution in [2.75, 3.05) is 0 Å².